The number of nitrogens with zero attached hydrogens (tertiary/aromatic N) is 2. The summed E-state index contributed by atoms with van der Waals surface area (Å²) in [6, 6.07) is 83.5. The molecule has 0 radical (unpaired) electrons. The molecule has 0 unspecified atom stereocenters. The number of hydrogen-bond acceptors (Lipinski definition) is 2. The molecule has 0 aliphatic carbocycles. The van der Waals surface area contributed by atoms with Gasteiger partial charge in [0.1, 0.15) is 11.2 Å². The number of anilines is 3. The second-order valence-corrected chi connectivity index (χ2v) is 16.4. The zero-order valence-electron chi connectivity index (χ0n) is 34.2. The van der Waals surface area contributed by atoms with Gasteiger partial charge in [0, 0.05) is 49.6 Å². The smallest absolute Gasteiger partial charge is 0.143 e. The van der Waals surface area contributed by atoms with Crippen LogP contribution in [0.3, 0.4) is 0 Å². The highest BCUT2D eigenvalue weighted by atomic mass is 16.3. The van der Waals surface area contributed by atoms with Crippen molar-refractivity contribution < 1.29 is 4.42 Å². The van der Waals surface area contributed by atoms with Crippen LogP contribution in [0.1, 0.15) is 0 Å². The van der Waals surface area contributed by atoms with E-state index in [4.69, 9.17) is 4.42 Å². The molecule has 2 heterocycles. The maximum atomic E-state index is 6.59. The monoisotopic (exact) mass is 802 g/mol. The predicted molar refractivity (Wildman–Crippen MR) is 266 cm³/mol. The summed E-state index contributed by atoms with van der Waals surface area (Å²) >= 11 is 0. The number of benzene rings is 11. The van der Waals surface area contributed by atoms with Gasteiger partial charge in [0.05, 0.1) is 16.7 Å². The van der Waals surface area contributed by atoms with Crippen LogP contribution in [0, 0.1) is 0 Å². The average Bonchev–Trinajstić information content (AvgIpc) is 3.91. The normalized spacial score (nSPS) is 11.8. The molecule has 0 N–H and O–H groups in total. The number of rotatable bonds is 6. The molecule has 63 heavy (non-hydrogen) atoms. The Bertz CT molecular complexity index is 3860. The number of hydrogen-bond donors (Lipinski definition) is 0. The van der Waals surface area contributed by atoms with Crippen molar-refractivity contribution in [2.24, 2.45) is 0 Å². The average molecular weight is 803 g/mol. The highest BCUT2D eigenvalue weighted by molar-refractivity contribution is 6.19. The van der Waals surface area contributed by atoms with E-state index >= 15 is 0 Å². The molecular weight excluding hydrogens is 765 g/mol. The largest absolute Gasteiger partial charge is 0.455 e. The zero-order chi connectivity index (χ0) is 41.4. The first-order valence-corrected chi connectivity index (χ1v) is 21.6. The molecule has 0 saturated carbocycles. The lowest BCUT2D eigenvalue weighted by atomic mass is 9.93. The van der Waals surface area contributed by atoms with Crippen molar-refractivity contribution in [3.63, 3.8) is 0 Å². The number of aromatic nitrogens is 1. The van der Waals surface area contributed by atoms with Crippen molar-refractivity contribution in [2.75, 3.05) is 4.90 Å². The first-order valence-electron chi connectivity index (χ1n) is 21.6. The summed E-state index contributed by atoms with van der Waals surface area (Å²) in [6.07, 6.45) is 0. The second kappa shape index (κ2) is 14.1. The lowest BCUT2D eigenvalue weighted by Gasteiger charge is -2.28. The van der Waals surface area contributed by atoms with E-state index in [1.807, 2.05) is 0 Å². The van der Waals surface area contributed by atoms with Crippen molar-refractivity contribution >= 4 is 93.1 Å². The highest BCUT2D eigenvalue weighted by Gasteiger charge is 2.21. The number of furan rings is 1. The third-order valence-corrected chi connectivity index (χ3v) is 13.0. The van der Waals surface area contributed by atoms with Gasteiger partial charge in [-0.1, -0.05) is 164 Å². The molecule has 2 aromatic heterocycles. The first kappa shape index (κ1) is 35.4. The van der Waals surface area contributed by atoms with Gasteiger partial charge in [0.15, 0.2) is 0 Å². The third-order valence-electron chi connectivity index (χ3n) is 13.0. The number of fused-ring (bicyclic) bond motifs is 11. The summed E-state index contributed by atoms with van der Waals surface area (Å²) in [5, 5.41) is 12.1. The molecule has 13 aromatic rings. The molecule has 0 bridgehead atoms. The van der Waals surface area contributed by atoms with E-state index in [2.05, 4.69) is 240 Å². The molecule has 0 amide bonds. The lowest BCUT2D eigenvalue weighted by molar-refractivity contribution is 0.673. The molecule has 0 aliphatic heterocycles. The zero-order valence-corrected chi connectivity index (χ0v) is 34.2. The summed E-state index contributed by atoms with van der Waals surface area (Å²) in [5.74, 6) is 0. The Morgan fingerprint density at radius 3 is 1.62 bits per heavy atom. The Balaban J connectivity index is 0.986. The van der Waals surface area contributed by atoms with Crippen molar-refractivity contribution in [3.8, 4) is 27.9 Å². The first-order chi connectivity index (χ1) is 31.3. The van der Waals surface area contributed by atoms with Crippen molar-refractivity contribution in [1.29, 1.82) is 0 Å². The molecule has 0 spiro atoms. The van der Waals surface area contributed by atoms with Gasteiger partial charge >= 0.3 is 0 Å². The molecule has 13 rings (SSSR count). The Morgan fingerprint density at radius 1 is 0.333 bits per heavy atom. The van der Waals surface area contributed by atoms with Gasteiger partial charge in [0.25, 0.3) is 0 Å². The van der Waals surface area contributed by atoms with Crippen LogP contribution < -0.4 is 4.90 Å². The summed E-state index contributed by atoms with van der Waals surface area (Å²) < 4.78 is 8.97. The van der Waals surface area contributed by atoms with E-state index in [1.165, 1.54) is 54.3 Å². The fourth-order valence-electron chi connectivity index (χ4n) is 10.1. The molecule has 294 valence electrons. The van der Waals surface area contributed by atoms with Crippen LogP contribution in [0.5, 0.6) is 0 Å². The Hall–Kier alpha value is -8.40. The summed E-state index contributed by atoms with van der Waals surface area (Å²) in [5.41, 5.74) is 13.2. The molecule has 0 atom stereocenters. The van der Waals surface area contributed by atoms with Crippen LogP contribution >= 0.6 is 0 Å². The Morgan fingerprint density at radius 2 is 0.873 bits per heavy atom. The molecule has 0 aliphatic rings. The summed E-state index contributed by atoms with van der Waals surface area (Å²) in [7, 11) is 0. The Labute approximate surface area is 363 Å². The quantitative estimate of drug-likeness (QED) is 0.156. The summed E-state index contributed by atoms with van der Waals surface area (Å²) in [4.78, 5) is 2.41. The van der Waals surface area contributed by atoms with Crippen LogP contribution in [-0.2, 0) is 0 Å². The van der Waals surface area contributed by atoms with Crippen LogP contribution in [0.15, 0.2) is 235 Å². The highest BCUT2D eigenvalue weighted by Crippen LogP contribution is 2.45. The second-order valence-electron chi connectivity index (χ2n) is 16.4. The van der Waals surface area contributed by atoms with E-state index in [-0.39, 0.29) is 0 Å². The van der Waals surface area contributed by atoms with Crippen molar-refractivity contribution in [1.82, 2.24) is 4.57 Å². The topological polar surface area (TPSA) is 21.3 Å². The van der Waals surface area contributed by atoms with Gasteiger partial charge in [0.2, 0.25) is 0 Å². The molecule has 0 fully saturated rings. The standard InChI is InChI=1S/C60H38N2O/c1-3-15-45-39(13-1)29-37-50-48(45)21-11-22-49(50)51-17-5-8-23-55(51)61(43-33-35-44(36-34-43)62-56-24-9-6-18-52(56)53-19-7-10-25-57(53)62)42-31-27-41(28-32-42)46-20-12-26-58-59(46)54-38-30-40-14-2-4-16-47(40)60(54)63-58/h1-38H. The maximum absolute atomic E-state index is 6.59. The van der Waals surface area contributed by atoms with Crippen LogP contribution in [0.2, 0.25) is 0 Å². The van der Waals surface area contributed by atoms with Gasteiger partial charge in [-0.3, -0.25) is 0 Å². The third kappa shape index (κ3) is 5.53. The van der Waals surface area contributed by atoms with Crippen molar-refractivity contribution in [3.05, 3.63) is 231 Å². The maximum Gasteiger partial charge on any atom is 0.143 e. The van der Waals surface area contributed by atoms with Gasteiger partial charge in [-0.05, 0) is 110 Å². The molecule has 3 heteroatoms. The van der Waals surface area contributed by atoms with E-state index in [1.54, 1.807) is 0 Å². The lowest BCUT2D eigenvalue weighted by Crippen LogP contribution is -2.11. The molecule has 0 saturated heterocycles. The van der Waals surface area contributed by atoms with Gasteiger partial charge in [-0.15, -0.1) is 0 Å². The minimum absolute atomic E-state index is 0.893. The Kier molecular flexibility index (Phi) is 7.91. The van der Waals surface area contributed by atoms with Crippen LogP contribution in [0.25, 0.3) is 104 Å². The van der Waals surface area contributed by atoms with E-state index in [0.29, 0.717) is 0 Å². The fourth-order valence-corrected chi connectivity index (χ4v) is 10.1. The van der Waals surface area contributed by atoms with Crippen molar-refractivity contribution in [2.45, 2.75) is 0 Å². The van der Waals surface area contributed by atoms with Gasteiger partial charge < -0.3 is 13.9 Å². The van der Waals surface area contributed by atoms with E-state index in [9.17, 15) is 0 Å². The summed E-state index contributed by atoms with van der Waals surface area (Å²) in [6.45, 7) is 0. The number of para-hydroxylation sites is 3. The minimum Gasteiger partial charge on any atom is -0.455 e. The van der Waals surface area contributed by atoms with Crippen LogP contribution in [0.4, 0.5) is 17.1 Å². The fraction of sp³-hybridized carbons (Fsp3) is 0. The van der Waals surface area contributed by atoms with Gasteiger partial charge in [-0.2, -0.15) is 0 Å². The minimum atomic E-state index is 0.893. The molecule has 11 aromatic carbocycles. The van der Waals surface area contributed by atoms with E-state index in [0.717, 1.165) is 66.8 Å². The molecule has 3 nitrogen and oxygen atoms in total. The van der Waals surface area contributed by atoms with E-state index < -0.39 is 0 Å². The van der Waals surface area contributed by atoms with Crippen LogP contribution in [-0.4, -0.2) is 4.57 Å². The predicted octanol–water partition coefficient (Wildman–Crippen LogP) is 16.9. The SMILES string of the molecule is c1ccc(N(c2ccc(-c3cccc4oc5c6ccccc6ccc5c34)cc2)c2ccc(-n3c4ccccc4c4ccccc43)cc2)c(-c2cccc3c2ccc2ccccc23)c1. The molecular formula is C60H38N2O. The van der Waals surface area contributed by atoms with Gasteiger partial charge in [-0.25, -0.2) is 0 Å².